The first kappa shape index (κ1) is 9.97. The van der Waals surface area contributed by atoms with Gasteiger partial charge in [0.05, 0.1) is 6.26 Å². The Labute approximate surface area is 89.6 Å². The maximum absolute atomic E-state index is 11.1. The van der Waals surface area contributed by atoms with E-state index in [1.54, 1.807) is 0 Å². The van der Waals surface area contributed by atoms with E-state index >= 15 is 0 Å². The molecule has 1 heterocycles. The van der Waals surface area contributed by atoms with Crippen LogP contribution in [0.3, 0.4) is 0 Å². The van der Waals surface area contributed by atoms with Crippen molar-refractivity contribution in [2.45, 2.75) is 25.4 Å². The van der Waals surface area contributed by atoms with Gasteiger partial charge in [0.25, 0.3) is 0 Å². The second-order valence-corrected chi connectivity index (χ2v) is 3.76. The van der Waals surface area contributed by atoms with Crippen molar-refractivity contribution in [2.24, 2.45) is 0 Å². The highest BCUT2D eigenvalue weighted by atomic mass is 16.5. The van der Waals surface area contributed by atoms with E-state index in [1.165, 1.54) is 17.9 Å². The standard InChI is InChI=1S/C13H14O2/c14-12-8-9-15-13(10-12)7-6-11-4-2-1-3-5-11/h1-5,8-9,13H,6-7,10H2/t13-/m0/s1. The van der Waals surface area contributed by atoms with Gasteiger partial charge < -0.3 is 4.74 Å². The number of carbonyl (C=O) groups is 1. The number of hydrogen-bond acceptors (Lipinski definition) is 2. The van der Waals surface area contributed by atoms with Crippen molar-refractivity contribution in [3.8, 4) is 0 Å². The van der Waals surface area contributed by atoms with Crippen LogP contribution in [0.4, 0.5) is 0 Å². The first-order valence-electron chi connectivity index (χ1n) is 5.23. The Kier molecular flexibility index (Phi) is 3.18. The molecule has 0 radical (unpaired) electrons. The second-order valence-electron chi connectivity index (χ2n) is 3.76. The molecule has 2 rings (SSSR count). The van der Waals surface area contributed by atoms with Crippen LogP contribution in [0.15, 0.2) is 42.7 Å². The van der Waals surface area contributed by atoms with Gasteiger partial charge >= 0.3 is 0 Å². The van der Waals surface area contributed by atoms with Crippen molar-refractivity contribution in [3.05, 3.63) is 48.2 Å². The van der Waals surface area contributed by atoms with Crippen molar-refractivity contribution >= 4 is 5.78 Å². The van der Waals surface area contributed by atoms with E-state index in [1.807, 2.05) is 18.2 Å². The number of allylic oxidation sites excluding steroid dienone is 1. The van der Waals surface area contributed by atoms with E-state index < -0.39 is 0 Å². The van der Waals surface area contributed by atoms with E-state index in [0.717, 1.165) is 12.8 Å². The number of benzene rings is 1. The van der Waals surface area contributed by atoms with Crippen LogP contribution in [-0.2, 0) is 16.0 Å². The lowest BCUT2D eigenvalue weighted by Crippen LogP contribution is -2.19. The Morgan fingerprint density at radius 1 is 1.27 bits per heavy atom. The van der Waals surface area contributed by atoms with Crippen LogP contribution < -0.4 is 0 Å². The molecule has 0 bridgehead atoms. The summed E-state index contributed by atoms with van der Waals surface area (Å²) in [4.78, 5) is 11.1. The van der Waals surface area contributed by atoms with Gasteiger partial charge in [0.15, 0.2) is 5.78 Å². The third kappa shape index (κ3) is 2.94. The summed E-state index contributed by atoms with van der Waals surface area (Å²) >= 11 is 0. The fraction of sp³-hybridized carbons (Fsp3) is 0.308. The number of ether oxygens (including phenoxy) is 1. The molecule has 1 aliphatic heterocycles. The molecule has 0 saturated heterocycles. The Morgan fingerprint density at radius 2 is 2.07 bits per heavy atom. The normalized spacial score (nSPS) is 20.0. The minimum absolute atomic E-state index is 0.0581. The third-order valence-electron chi connectivity index (χ3n) is 2.55. The first-order valence-corrected chi connectivity index (χ1v) is 5.23. The molecule has 0 N–H and O–H groups in total. The summed E-state index contributed by atoms with van der Waals surface area (Å²) in [7, 11) is 0. The van der Waals surface area contributed by atoms with Crippen molar-refractivity contribution in [3.63, 3.8) is 0 Å². The minimum atomic E-state index is 0.0581. The van der Waals surface area contributed by atoms with Gasteiger partial charge in [-0.25, -0.2) is 0 Å². The summed E-state index contributed by atoms with van der Waals surface area (Å²) in [5.74, 6) is 0.166. The average molecular weight is 202 g/mol. The molecule has 15 heavy (non-hydrogen) atoms. The van der Waals surface area contributed by atoms with Crippen molar-refractivity contribution in [1.82, 2.24) is 0 Å². The Hall–Kier alpha value is -1.57. The van der Waals surface area contributed by atoms with Crippen molar-refractivity contribution in [2.75, 3.05) is 0 Å². The molecule has 2 heteroatoms. The summed E-state index contributed by atoms with van der Waals surface area (Å²) in [6, 6.07) is 10.3. The van der Waals surface area contributed by atoms with Crippen molar-refractivity contribution < 1.29 is 9.53 Å². The SMILES string of the molecule is O=C1C=CO[C@@H](CCc2ccccc2)C1. The first-order chi connectivity index (χ1) is 7.34. The highest BCUT2D eigenvalue weighted by Crippen LogP contribution is 2.14. The highest BCUT2D eigenvalue weighted by Gasteiger charge is 2.15. The number of hydrogen-bond donors (Lipinski definition) is 0. The summed E-state index contributed by atoms with van der Waals surface area (Å²) in [5, 5.41) is 0. The van der Waals surface area contributed by atoms with Gasteiger partial charge in [-0.3, -0.25) is 4.79 Å². The number of ketones is 1. The van der Waals surface area contributed by atoms with E-state index in [2.05, 4.69) is 12.1 Å². The van der Waals surface area contributed by atoms with Gasteiger partial charge in [-0.1, -0.05) is 30.3 Å². The number of rotatable bonds is 3. The predicted molar refractivity (Wildman–Crippen MR) is 58.4 cm³/mol. The fourth-order valence-electron chi connectivity index (χ4n) is 1.71. The van der Waals surface area contributed by atoms with Crippen molar-refractivity contribution in [1.29, 1.82) is 0 Å². The monoisotopic (exact) mass is 202 g/mol. The third-order valence-corrected chi connectivity index (χ3v) is 2.55. The molecule has 1 atom stereocenters. The molecule has 0 unspecified atom stereocenters. The maximum atomic E-state index is 11.1. The molecular weight excluding hydrogens is 188 g/mol. The lowest BCUT2D eigenvalue weighted by Gasteiger charge is -2.18. The summed E-state index contributed by atoms with van der Waals surface area (Å²) in [6.07, 6.45) is 5.46. The topological polar surface area (TPSA) is 26.3 Å². The molecule has 1 aliphatic rings. The predicted octanol–water partition coefficient (Wildman–Crippen LogP) is 2.49. The summed E-state index contributed by atoms with van der Waals surface area (Å²) < 4.78 is 5.37. The highest BCUT2D eigenvalue weighted by molar-refractivity contribution is 5.90. The largest absolute Gasteiger partial charge is 0.497 e. The molecule has 1 aromatic carbocycles. The average Bonchev–Trinajstić information content (AvgIpc) is 2.28. The molecule has 0 aromatic heterocycles. The molecule has 2 nitrogen and oxygen atoms in total. The van der Waals surface area contributed by atoms with Crippen LogP contribution in [0.5, 0.6) is 0 Å². The Morgan fingerprint density at radius 3 is 2.80 bits per heavy atom. The van der Waals surface area contributed by atoms with Crippen LogP contribution in [0.25, 0.3) is 0 Å². The smallest absolute Gasteiger partial charge is 0.162 e. The second kappa shape index (κ2) is 4.78. The van der Waals surface area contributed by atoms with Crippen LogP contribution in [0.2, 0.25) is 0 Å². The number of aryl methyl sites for hydroxylation is 1. The molecule has 1 aromatic rings. The van der Waals surface area contributed by atoms with Crippen LogP contribution in [0, 0.1) is 0 Å². The van der Waals surface area contributed by atoms with Gasteiger partial charge in [-0.15, -0.1) is 0 Å². The molecule has 0 amide bonds. The molecule has 0 aliphatic carbocycles. The van der Waals surface area contributed by atoms with Crippen LogP contribution >= 0.6 is 0 Å². The molecule has 0 fully saturated rings. The summed E-state index contributed by atoms with van der Waals surface area (Å²) in [5.41, 5.74) is 1.29. The van der Waals surface area contributed by atoms with Gasteiger partial charge in [-0.05, 0) is 18.4 Å². The van der Waals surface area contributed by atoms with E-state index in [4.69, 9.17) is 4.74 Å². The van der Waals surface area contributed by atoms with Crippen LogP contribution in [0.1, 0.15) is 18.4 Å². The van der Waals surface area contributed by atoms with Gasteiger partial charge in [0, 0.05) is 12.5 Å². The van der Waals surface area contributed by atoms with E-state index in [-0.39, 0.29) is 11.9 Å². The van der Waals surface area contributed by atoms with Gasteiger partial charge in [0.1, 0.15) is 6.10 Å². The zero-order valence-corrected chi connectivity index (χ0v) is 8.56. The molecule has 0 spiro atoms. The lowest BCUT2D eigenvalue weighted by molar-refractivity contribution is -0.118. The molecular formula is C13H14O2. The Bertz CT molecular complexity index is 354. The zero-order valence-electron chi connectivity index (χ0n) is 8.56. The van der Waals surface area contributed by atoms with Crippen LogP contribution in [-0.4, -0.2) is 11.9 Å². The lowest BCUT2D eigenvalue weighted by atomic mass is 10.0. The zero-order chi connectivity index (χ0) is 10.5. The summed E-state index contributed by atoms with van der Waals surface area (Å²) in [6.45, 7) is 0. The molecule has 0 saturated carbocycles. The van der Waals surface area contributed by atoms with E-state index in [0.29, 0.717) is 6.42 Å². The number of carbonyl (C=O) groups excluding carboxylic acids is 1. The fourth-order valence-corrected chi connectivity index (χ4v) is 1.71. The Balaban J connectivity index is 1.84. The minimum Gasteiger partial charge on any atom is -0.497 e. The van der Waals surface area contributed by atoms with Gasteiger partial charge in [0.2, 0.25) is 0 Å². The van der Waals surface area contributed by atoms with Gasteiger partial charge in [-0.2, -0.15) is 0 Å². The van der Waals surface area contributed by atoms with E-state index in [9.17, 15) is 4.79 Å². The molecule has 78 valence electrons. The quantitative estimate of drug-likeness (QED) is 0.752. The maximum Gasteiger partial charge on any atom is 0.162 e.